The minimum atomic E-state index is -4.62. The third-order valence-electron chi connectivity index (χ3n) is 5.95. The van der Waals surface area contributed by atoms with Crippen LogP contribution in [0.2, 0.25) is 0 Å². The Morgan fingerprint density at radius 2 is 1.76 bits per heavy atom. The number of halogens is 3. The number of rotatable bonds is 3. The van der Waals surface area contributed by atoms with Crippen LogP contribution in [0.4, 0.5) is 23.7 Å². The third-order valence-corrected chi connectivity index (χ3v) is 5.95. The number of anilines is 1. The van der Waals surface area contributed by atoms with E-state index in [1.807, 2.05) is 18.2 Å². The lowest BCUT2D eigenvalue weighted by atomic mass is 9.73. The van der Waals surface area contributed by atoms with Gasteiger partial charge in [-0.1, -0.05) is 30.3 Å². The summed E-state index contributed by atoms with van der Waals surface area (Å²) in [6.45, 7) is 0. The SMILES string of the molecule is CNC1N(c2cnc(C(F)(F)F)nc2)C(=O)NC12CCC(c1ccccc1)CC2. The summed E-state index contributed by atoms with van der Waals surface area (Å²) < 4.78 is 38.2. The maximum atomic E-state index is 12.7. The standard InChI is InChI=1S/C20H22F3N5O/c1-24-17-19(9-7-14(8-10-19)13-5-3-2-4-6-13)27-18(29)28(17)15-11-25-16(26-12-15)20(21,22)23/h2-6,11-12,14,17,24H,7-10H2,1H3,(H,27,29). The van der Waals surface area contributed by atoms with Crippen LogP contribution < -0.4 is 15.5 Å². The molecular formula is C20H22F3N5O. The molecule has 1 aliphatic heterocycles. The minimum Gasteiger partial charge on any atom is -0.329 e. The molecule has 2 N–H and O–H groups in total. The molecule has 2 aliphatic rings. The summed E-state index contributed by atoms with van der Waals surface area (Å²) in [4.78, 5) is 21.0. The summed E-state index contributed by atoms with van der Waals surface area (Å²) in [7, 11) is 1.74. The van der Waals surface area contributed by atoms with E-state index in [2.05, 4.69) is 32.7 Å². The predicted octanol–water partition coefficient (Wildman–Crippen LogP) is 3.67. The average molecular weight is 405 g/mol. The average Bonchev–Trinajstić information content (AvgIpc) is 2.99. The van der Waals surface area contributed by atoms with Gasteiger partial charge in [-0.15, -0.1) is 0 Å². The first kappa shape index (κ1) is 19.6. The van der Waals surface area contributed by atoms with Crippen molar-refractivity contribution in [1.29, 1.82) is 0 Å². The van der Waals surface area contributed by atoms with Crippen molar-refractivity contribution in [2.75, 3.05) is 11.9 Å². The Labute approximate surface area is 166 Å². The second-order valence-corrected chi connectivity index (χ2v) is 7.60. The highest BCUT2D eigenvalue weighted by molar-refractivity contribution is 5.96. The van der Waals surface area contributed by atoms with Crippen molar-refractivity contribution in [2.45, 2.75) is 49.5 Å². The van der Waals surface area contributed by atoms with Gasteiger partial charge >= 0.3 is 12.2 Å². The number of hydrogen-bond donors (Lipinski definition) is 2. The van der Waals surface area contributed by atoms with E-state index >= 15 is 0 Å². The van der Waals surface area contributed by atoms with Crippen molar-refractivity contribution in [3.05, 3.63) is 54.1 Å². The molecule has 1 aliphatic carbocycles. The molecule has 154 valence electrons. The summed E-state index contributed by atoms with van der Waals surface area (Å²) >= 11 is 0. The largest absolute Gasteiger partial charge is 0.451 e. The smallest absolute Gasteiger partial charge is 0.329 e. The summed E-state index contributed by atoms with van der Waals surface area (Å²) in [5.41, 5.74) is 1.04. The van der Waals surface area contributed by atoms with Gasteiger partial charge < -0.3 is 5.32 Å². The van der Waals surface area contributed by atoms with Crippen molar-refractivity contribution in [2.24, 2.45) is 0 Å². The number of alkyl halides is 3. The van der Waals surface area contributed by atoms with Gasteiger partial charge in [-0.2, -0.15) is 13.2 Å². The van der Waals surface area contributed by atoms with Crippen molar-refractivity contribution < 1.29 is 18.0 Å². The molecular weight excluding hydrogens is 383 g/mol. The monoisotopic (exact) mass is 405 g/mol. The summed E-state index contributed by atoms with van der Waals surface area (Å²) in [5, 5.41) is 6.25. The molecule has 0 bridgehead atoms. The first-order valence-corrected chi connectivity index (χ1v) is 9.57. The Hall–Kier alpha value is -2.68. The van der Waals surface area contributed by atoms with Gasteiger partial charge in [0, 0.05) is 0 Å². The van der Waals surface area contributed by atoms with E-state index in [0.29, 0.717) is 5.92 Å². The molecule has 1 aromatic heterocycles. The number of likely N-dealkylation sites (N-methyl/N-ethyl adjacent to an activating group) is 1. The minimum absolute atomic E-state index is 0.233. The van der Waals surface area contributed by atoms with Crippen LogP contribution in [0.15, 0.2) is 42.7 Å². The van der Waals surface area contributed by atoms with Crippen molar-refractivity contribution in [1.82, 2.24) is 20.6 Å². The van der Waals surface area contributed by atoms with Gasteiger partial charge in [0.2, 0.25) is 5.82 Å². The molecule has 1 unspecified atom stereocenters. The van der Waals surface area contributed by atoms with Crippen molar-refractivity contribution in [3.63, 3.8) is 0 Å². The van der Waals surface area contributed by atoms with Crippen LogP contribution in [0.3, 0.4) is 0 Å². The number of urea groups is 1. The molecule has 1 atom stereocenters. The van der Waals surface area contributed by atoms with E-state index in [4.69, 9.17) is 0 Å². The Bertz CT molecular complexity index is 864. The second kappa shape index (κ2) is 7.29. The van der Waals surface area contributed by atoms with E-state index in [0.717, 1.165) is 38.1 Å². The van der Waals surface area contributed by atoms with Gasteiger partial charge in [-0.25, -0.2) is 14.8 Å². The molecule has 9 heteroatoms. The fraction of sp³-hybridized carbons (Fsp3) is 0.450. The molecule has 1 aromatic carbocycles. The molecule has 0 radical (unpaired) electrons. The van der Waals surface area contributed by atoms with Gasteiger partial charge in [0.1, 0.15) is 6.17 Å². The molecule has 2 fully saturated rings. The lowest BCUT2D eigenvalue weighted by Gasteiger charge is -2.41. The predicted molar refractivity (Wildman–Crippen MR) is 101 cm³/mol. The fourth-order valence-electron chi connectivity index (χ4n) is 4.56. The molecule has 4 rings (SSSR count). The maximum absolute atomic E-state index is 12.7. The van der Waals surface area contributed by atoms with Crippen molar-refractivity contribution >= 4 is 11.7 Å². The second-order valence-electron chi connectivity index (χ2n) is 7.60. The molecule has 6 nitrogen and oxygen atoms in total. The molecule has 1 spiro atoms. The summed E-state index contributed by atoms with van der Waals surface area (Å²) in [6.07, 6.45) is 0.448. The molecule has 2 aromatic rings. The van der Waals surface area contributed by atoms with E-state index in [-0.39, 0.29) is 11.7 Å². The number of hydrogen-bond acceptors (Lipinski definition) is 4. The molecule has 2 amide bonds. The van der Waals surface area contributed by atoms with Gasteiger partial charge in [0.25, 0.3) is 0 Å². The fourth-order valence-corrected chi connectivity index (χ4v) is 4.56. The number of benzene rings is 1. The highest BCUT2D eigenvalue weighted by atomic mass is 19.4. The van der Waals surface area contributed by atoms with Gasteiger partial charge in [-0.05, 0) is 44.2 Å². The van der Waals surface area contributed by atoms with E-state index in [1.54, 1.807) is 7.05 Å². The number of carbonyl (C=O) groups is 1. The maximum Gasteiger partial charge on any atom is 0.451 e. The van der Waals surface area contributed by atoms with Crippen LogP contribution in [0.5, 0.6) is 0 Å². The van der Waals surface area contributed by atoms with Crippen LogP contribution >= 0.6 is 0 Å². The normalized spacial score (nSPS) is 27.3. The number of nitrogens with zero attached hydrogens (tertiary/aromatic N) is 3. The number of amides is 2. The van der Waals surface area contributed by atoms with Crippen LogP contribution in [-0.4, -0.2) is 34.8 Å². The number of nitrogens with one attached hydrogen (secondary N) is 2. The van der Waals surface area contributed by atoms with Gasteiger partial charge in [0.05, 0.1) is 23.6 Å². The zero-order valence-electron chi connectivity index (χ0n) is 15.9. The Balaban J connectivity index is 1.54. The third kappa shape index (κ3) is 3.55. The number of aromatic nitrogens is 2. The molecule has 1 saturated heterocycles. The summed E-state index contributed by atoms with van der Waals surface area (Å²) in [5.74, 6) is -0.792. The first-order chi connectivity index (χ1) is 13.8. The quantitative estimate of drug-likeness (QED) is 0.818. The van der Waals surface area contributed by atoms with Gasteiger partial charge in [-0.3, -0.25) is 10.2 Å². The summed E-state index contributed by atoms with van der Waals surface area (Å²) in [6, 6.07) is 9.94. The Morgan fingerprint density at radius 3 is 2.31 bits per heavy atom. The zero-order valence-corrected chi connectivity index (χ0v) is 15.9. The molecule has 1 saturated carbocycles. The lowest BCUT2D eigenvalue weighted by Crippen LogP contribution is -2.57. The van der Waals surface area contributed by atoms with E-state index < -0.39 is 23.7 Å². The van der Waals surface area contributed by atoms with Crippen LogP contribution in [0, 0.1) is 0 Å². The van der Waals surface area contributed by atoms with Crippen molar-refractivity contribution in [3.8, 4) is 0 Å². The highest BCUT2D eigenvalue weighted by Gasteiger charge is 2.53. The molecule has 29 heavy (non-hydrogen) atoms. The lowest BCUT2D eigenvalue weighted by molar-refractivity contribution is -0.144. The first-order valence-electron chi connectivity index (χ1n) is 9.57. The van der Waals surface area contributed by atoms with Gasteiger partial charge in [0.15, 0.2) is 0 Å². The topological polar surface area (TPSA) is 70.1 Å². The van der Waals surface area contributed by atoms with E-state index in [9.17, 15) is 18.0 Å². The zero-order chi connectivity index (χ0) is 20.6. The highest BCUT2D eigenvalue weighted by Crippen LogP contribution is 2.43. The Morgan fingerprint density at radius 1 is 1.14 bits per heavy atom. The van der Waals surface area contributed by atoms with Crippen LogP contribution in [-0.2, 0) is 6.18 Å². The van der Waals surface area contributed by atoms with E-state index in [1.165, 1.54) is 10.5 Å². The van der Waals surface area contributed by atoms with Crippen LogP contribution in [0.25, 0.3) is 0 Å². The van der Waals surface area contributed by atoms with Crippen LogP contribution in [0.1, 0.15) is 43.0 Å². The Kier molecular flexibility index (Phi) is 4.94. The number of carbonyl (C=O) groups excluding carboxylic acids is 1. The molecule has 2 heterocycles.